The lowest BCUT2D eigenvalue weighted by molar-refractivity contribution is -0.122. The summed E-state index contributed by atoms with van der Waals surface area (Å²) in [5, 5.41) is 5.74. The predicted molar refractivity (Wildman–Crippen MR) is 89.6 cm³/mol. The zero-order valence-corrected chi connectivity index (χ0v) is 13.5. The van der Waals surface area contributed by atoms with Gasteiger partial charge < -0.3 is 15.1 Å². The lowest BCUT2D eigenvalue weighted by atomic mass is 10.2. The molecule has 0 saturated heterocycles. The first kappa shape index (κ1) is 15.2. The number of amides is 2. The summed E-state index contributed by atoms with van der Waals surface area (Å²) in [6, 6.07) is 5.52. The molecule has 4 rings (SSSR count). The Kier molecular flexibility index (Phi) is 3.96. The molecule has 0 radical (unpaired) electrons. The standard InChI is InChI=1S/C18H21N3O3/c22-16(2-1-9-19-17(23)11-3-4-11)20-13-7-8-15-14(10-13)21-18(24-15)12-5-6-12/h7-8,10-12H,1-6,9H2,(H,19,23)(H,20,22). The summed E-state index contributed by atoms with van der Waals surface area (Å²) in [5.74, 6) is 1.56. The molecule has 126 valence electrons. The third-order valence-electron chi connectivity index (χ3n) is 4.44. The number of carbonyl (C=O) groups is 2. The highest BCUT2D eigenvalue weighted by molar-refractivity contribution is 5.92. The molecule has 1 aromatic heterocycles. The zero-order valence-electron chi connectivity index (χ0n) is 13.5. The van der Waals surface area contributed by atoms with E-state index in [9.17, 15) is 9.59 Å². The van der Waals surface area contributed by atoms with Gasteiger partial charge in [-0.25, -0.2) is 4.98 Å². The Balaban J connectivity index is 1.26. The summed E-state index contributed by atoms with van der Waals surface area (Å²) >= 11 is 0. The Morgan fingerprint density at radius 3 is 2.79 bits per heavy atom. The third-order valence-corrected chi connectivity index (χ3v) is 4.44. The number of nitrogens with zero attached hydrogens (tertiary/aromatic N) is 1. The van der Waals surface area contributed by atoms with E-state index in [-0.39, 0.29) is 17.7 Å². The molecule has 0 spiro atoms. The van der Waals surface area contributed by atoms with Gasteiger partial charge >= 0.3 is 0 Å². The van der Waals surface area contributed by atoms with Crippen molar-refractivity contribution in [1.29, 1.82) is 0 Å². The summed E-state index contributed by atoms with van der Waals surface area (Å²) in [7, 11) is 0. The molecule has 6 heteroatoms. The van der Waals surface area contributed by atoms with Gasteiger partial charge in [-0.15, -0.1) is 0 Å². The zero-order chi connectivity index (χ0) is 16.5. The maximum atomic E-state index is 12.0. The van der Waals surface area contributed by atoms with Crippen molar-refractivity contribution in [3.63, 3.8) is 0 Å². The number of anilines is 1. The van der Waals surface area contributed by atoms with Crippen molar-refractivity contribution in [3.05, 3.63) is 24.1 Å². The van der Waals surface area contributed by atoms with Crippen LogP contribution in [-0.4, -0.2) is 23.3 Å². The fourth-order valence-corrected chi connectivity index (χ4v) is 2.70. The molecule has 2 fully saturated rings. The number of oxazole rings is 1. The lowest BCUT2D eigenvalue weighted by Gasteiger charge is -2.06. The molecule has 1 heterocycles. The van der Waals surface area contributed by atoms with Crippen molar-refractivity contribution in [3.8, 4) is 0 Å². The van der Waals surface area contributed by atoms with E-state index in [4.69, 9.17) is 4.42 Å². The average molecular weight is 327 g/mol. The van der Waals surface area contributed by atoms with Crippen LogP contribution in [0.4, 0.5) is 5.69 Å². The highest BCUT2D eigenvalue weighted by Crippen LogP contribution is 2.40. The van der Waals surface area contributed by atoms with Crippen molar-refractivity contribution < 1.29 is 14.0 Å². The normalized spacial score (nSPS) is 17.0. The van der Waals surface area contributed by atoms with Gasteiger partial charge in [0, 0.05) is 30.5 Å². The van der Waals surface area contributed by atoms with E-state index in [1.165, 1.54) is 0 Å². The fourth-order valence-electron chi connectivity index (χ4n) is 2.70. The molecule has 2 aliphatic rings. The molecule has 2 saturated carbocycles. The van der Waals surface area contributed by atoms with Gasteiger partial charge in [0.25, 0.3) is 0 Å². The van der Waals surface area contributed by atoms with Crippen LogP contribution < -0.4 is 10.6 Å². The van der Waals surface area contributed by atoms with Gasteiger partial charge in [-0.1, -0.05) is 0 Å². The summed E-state index contributed by atoms with van der Waals surface area (Å²) in [4.78, 5) is 28.0. The second-order valence-electron chi connectivity index (χ2n) is 6.73. The van der Waals surface area contributed by atoms with Crippen molar-refractivity contribution in [2.45, 2.75) is 44.4 Å². The van der Waals surface area contributed by atoms with Crippen LogP contribution in [0.5, 0.6) is 0 Å². The third kappa shape index (κ3) is 3.58. The maximum Gasteiger partial charge on any atom is 0.224 e. The average Bonchev–Trinajstić information content (AvgIpc) is 3.47. The molecule has 2 aliphatic carbocycles. The molecule has 0 bridgehead atoms. The molecule has 0 atom stereocenters. The Labute approximate surface area is 140 Å². The van der Waals surface area contributed by atoms with Crippen molar-refractivity contribution >= 4 is 28.6 Å². The Hall–Kier alpha value is -2.37. The molecule has 24 heavy (non-hydrogen) atoms. The van der Waals surface area contributed by atoms with E-state index >= 15 is 0 Å². The van der Waals surface area contributed by atoms with Crippen LogP contribution >= 0.6 is 0 Å². The first-order valence-corrected chi connectivity index (χ1v) is 8.67. The molecule has 0 aliphatic heterocycles. The predicted octanol–water partition coefficient (Wildman–Crippen LogP) is 2.95. The van der Waals surface area contributed by atoms with Crippen LogP contribution in [0.25, 0.3) is 11.1 Å². The largest absolute Gasteiger partial charge is 0.440 e. The van der Waals surface area contributed by atoms with Crippen LogP contribution in [-0.2, 0) is 9.59 Å². The van der Waals surface area contributed by atoms with Gasteiger partial charge in [0.15, 0.2) is 11.5 Å². The number of carbonyl (C=O) groups excluding carboxylic acids is 2. The fraction of sp³-hybridized carbons (Fsp3) is 0.500. The molecule has 2 N–H and O–H groups in total. The van der Waals surface area contributed by atoms with Gasteiger partial charge in [-0.05, 0) is 50.3 Å². The molecular weight excluding hydrogens is 306 g/mol. The van der Waals surface area contributed by atoms with Gasteiger partial charge in [-0.3, -0.25) is 9.59 Å². The van der Waals surface area contributed by atoms with Gasteiger partial charge in [0.1, 0.15) is 5.52 Å². The molecular formula is C18H21N3O3. The minimum atomic E-state index is -0.0547. The Bertz CT molecular complexity index is 775. The lowest BCUT2D eigenvalue weighted by Crippen LogP contribution is -2.26. The first-order valence-electron chi connectivity index (χ1n) is 8.67. The molecule has 0 unspecified atom stereocenters. The Morgan fingerprint density at radius 1 is 1.21 bits per heavy atom. The van der Waals surface area contributed by atoms with E-state index in [1.807, 2.05) is 18.2 Å². The van der Waals surface area contributed by atoms with E-state index in [0.717, 1.165) is 48.4 Å². The van der Waals surface area contributed by atoms with E-state index in [0.29, 0.717) is 25.3 Å². The Morgan fingerprint density at radius 2 is 2.04 bits per heavy atom. The second-order valence-corrected chi connectivity index (χ2v) is 6.73. The van der Waals surface area contributed by atoms with Crippen molar-refractivity contribution in [1.82, 2.24) is 10.3 Å². The first-order chi connectivity index (χ1) is 11.7. The summed E-state index contributed by atoms with van der Waals surface area (Å²) in [6.07, 6.45) is 5.32. The number of hydrogen-bond donors (Lipinski definition) is 2. The summed E-state index contributed by atoms with van der Waals surface area (Å²) in [6.45, 7) is 0.551. The minimum Gasteiger partial charge on any atom is -0.440 e. The SMILES string of the molecule is O=C(CCCNC(=O)C1CC1)Nc1ccc2oc(C3CC3)nc2c1. The van der Waals surface area contributed by atoms with Crippen LogP contribution in [0, 0.1) is 5.92 Å². The summed E-state index contributed by atoms with van der Waals surface area (Å²) in [5.41, 5.74) is 2.27. The monoisotopic (exact) mass is 327 g/mol. The number of rotatable bonds is 7. The number of nitrogens with one attached hydrogen (secondary N) is 2. The molecule has 1 aromatic carbocycles. The number of benzene rings is 1. The molecule has 6 nitrogen and oxygen atoms in total. The molecule has 2 aromatic rings. The van der Waals surface area contributed by atoms with Crippen LogP contribution in [0.3, 0.4) is 0 Å². The summed E-state index contributed by atoms with van der Waals surface area (Å²) < 4.78 is 5.71. The highest BCUT2D eigenvalue weighted by atomic mass is 16.3. The van der Waals surface area contributed by atoms with Gasteiger partial charge in [0.2, 0.25) is 11.8 Å². The van der Waals surface area contributed by atoms with E-state index in [2.05, 4.69) is 15.6 Å². The smallest absolute Gasteiger partial charge is 0.224 e. The second kappa shape index (κ2) is 6.26. The number of hydrogen-bond acceptors (Lipinski definition) is 4. The van der Waals surface area contributed by atoms with Crippen LogP contribution in [0.15, 0.2) is 22.6 Å². The van der Waals surface area contributed by atoms with Gasteiger partial charge in [0.05, 0.1) is 0 Å². The minimum absolute atomic E-state index is 0.0547. The topological polar surface area (TPSA) is 84.2 Å². The van der Waals surface area contributed by atoms with Gasteiger partial charge in [-0.2, -0.15) is 0 Å². The van der Waals surface area contributed by atoms with Crippen LogP contribution in [0.2, 0.25) is 0 Å². The van der Waals surface area contributed by atoms with E-state index in [1.54, 1.807) is 0 Å². The number of aromatic nitrogens is 1. The number of fused-ring (bicyclic) bond motifs is 1. The maximum absolute atomic E-state index is 12.0. The van der Waals surface area contributed by atoms with Crippen molar-refractivity contribution in [2.75, 3.05) is 11.9 Å². The highest BCUT2D eigenvalue weighted by Gasteiger charge is 2.29. The van der Waals surface area contributed by atoms with Crippen molar-refractivity contribution in [2.24, 2.45) is 5.92 Å². The van der Waals surface area contributed by atoms with E-state index < -0.39 is 0 Å². The molecule has 2 amide bonds. The van der Waals surface area contributed by atoms with Crippen LogP contribution in [0.1, 0.15) is 50.3 Å². The quantitative estimate of drug-likeness (QED) is 0.766.